The third-order valence-corrected chi connectivity index (χ3v) is 6.13. The van der Waals surface area contributed by atoms with Crippen LogP contribution in [0.25, 0.3) is 16.4 Å². The number of thiazole rings is 1. The second-order valence-electron chi connectivity index (χ2n) is 7.24. The Morgan fingerprint density at radius 1 is 1.13 bits per heavy atom. The van der Waals surface area contributed by atoms with E-state index >= 15 is 0 Å². The molecule has 0 saturated carbocycles. The van der Waals surface area contributed by atoms with Gasteiger partial charge in [0.15, 0.2) is 0 Å². The molecule has 2 aromatic heterocycles. The van der Waals surface area contributed by atoms with Crippen LogP contribution in [0, 0.1) is 20.8 Å². The van der Waals surface area contributed by atoms with Crippen LogP contribution in [-0.2, 0) is 6.54 Å². The molecule has 0 radical (unpaired) electrons. The molecule has 0 atom stereocenters. The maximum Gasteiger partial charge on any atom is 0.263 e. The number of aryl methyl sites for hydroxylation is 2. The van der Waals surface area contributed by atoms with E-state index in [1.807, 2.05) is 69.3 Å². The smallest absolute Gasteiger partial charge is 0.263 e. The van der Waals surface area contributed by atoms with Crippen molar-refractivity contribution in [3.8, 4) is 22.1 Å². The molecule has 4 aromatic rings. The zero-order valence-corrected chi connectivity index (χ0v) is 18.7. The number of amides is 1. The molecule has 8 heteroatoms. The lowest BCUT2D eigenvalue weighted by molar-refractivity contribution is 0.0954. The largest absolute Gasteiger partial charge is 0.497 e. The number of aromatic nitrogens is 4. The summed E-state index contributed by atoms with van der Waals surface area (Å²) in [5.41, 5.74) is 5.31. The molecule has 7 nitrogen and oxygen atoms in total. The van der Waals surface area contributed by atoms with Gasteiger partial charge in [0.05, 0.1) is 24.2 Å². The molecule has 2 aromatic carbocycles. The van der Waals surface area contributed by atoms with E-state index in [4.69, 9.17) is 4.74 Å². The van der Waals surface area contributed by atoms with Crippen LogP contribution in [0.2, 0.25) is 0 Å². The first kappa shape index (κ1) is 20.7. The highest BCUT2D eigenvalue weighted by molar-refractivity contribution is 7.17. The van der Waals surface area contributed by atoms with Gasteiger partial charge in [-0.05, 0) is 50.6 Å². The lowest BCUT2D eigenvalue weighted by Crippen LogP contribution is -2.22. The molecule has 1 amide bonds. The maximum absolute atomic E-state index is 12.8. The van der Waals surface area contributed by atoms with Crippen LogP contribution in [0.15, 0.2) is 48.5 Å². The van der Waals surface area contributed by atoms with Gasteiger partial charge in [0.2, 0.25) is 0 Å². The molecular formula is C23H23N5O2S. The van der Waals surface area contributed by atoms with Gasteiger partial charge in [0.1, 0.15) is 21.3 Å². The lowest BCUT2D eigenvalue weighted by Gasteiger charge is -2.06. The lowest BCUT2D eigenvalue weighted by atomic mass is 10.2. The minimum absolute atomic E-state index is 0.160. The molecular weight excluding hydrogens is 410 g/mol. The fourth-order valence-electron chi connectivity index (χ4n) is 3.21. The summed E-state index contributed by atoms with van der Waals surface area (Å²) in [6.07, 6.45) is 0. The van der Waals surface area contributed by atoms with E-state index in [2.05, 4.69) is 20.6 Å². The van der Waals surface area contributed by atoms with Crippen molar-refractivity contribution in [3.05, 3.63) is 75.9 Å². The standard InChI is InChI=1S/C23H23N5O2S/c1-14-8-10-18(11-9-14)28-16(3)20(26-27-28)23-25-15(2)21(31-23)22(29)24-13-17-6-5-7-19(12-17)30-4/h5-12H,13H2,1-4H3,(H,24,29). The number of ether oxygens (including phenoxy) is 1. The van der Waals surface area contributed by atoms with E-state index in [-0.39, 0.29) is 5.91 Å². The monoisotopic (exact) mass is 433 g/mol. The molecule has 1 N–H and O–H groups in total. The Hall–Kier alpha value is -3.52. The van der Waals surface area contributed by atoms with Gasteiger partial charge in [-0.25, -0.2) is 9.67 Å². The highest BCUT2D eigenvalue weighted by Gasteiger charge is 2.20. The van der Waals surface area contributed by atoms with Gasteiger partial charge in [0, 0.05) is 6.54 Å². The molecule has 0 aliphatic heterocycles. The van der Waals surface area contributed by atoms with Gasteiger partial charge in [0.25, 0.3) is 5.91 Å². The summed E-state index contributed by atoms with van der Waals surface area (Å²) < 4.78 is 7.02. The van der Waals surface area contributed by atoms with Crippen molar-refractivity contribution >= 4 is 17.2 Å². The van der Waals surface area contributed by atoms with E-state index in [0.717, 1.165) is 22.7 Å². The third kappa shape index (κ3) is 4.34. The molecule has 31 heavy (non-hydrogen) atoms. The van der Waals surface area contributed by atoms with Crippen LogP contribution in [0.5, 0.6) is 5.75 Å². The summed E-state index contributed by atoms with van der Waals surface area (Å²) >= 11 is 1.32. The first-order valence-electron chi connectivity index (χ1n) is 9.84. The summed E-state index contributed by atoms with van der Waals surface area (Å²) in [6.45, 7) is 6.24. The summed E-state index contributed by atoms with van der Waals surface area (Å²) in [6, 6.07) is 15.7. The minimum atomic E-state index is -0.160. The Kier molecular flexibility index (Phi) is 5.81. The van der Waals surface area contributed by atoms with E-state index in [0.29, 0.717) is 27.8 Å². The van der Waals surface area contributed by atoms with Gasteiger partial charge in [-0.1, -0.05) is 35.0 Å². The topological polar surface area (TPSA) is 81.9 Å². The van der Waals surface area contributed by atoms with E-state index < -0.39 is 0 Å². The van der Waals surface area contributed by atoms with Crippen LogP contribution in [0.4, 0.5) is 0 Å². The van der Waals surface area contributed by atoms with E-state index in [1.54, 1.807) is 11.8 Å². The van der Waals surface area contributed by atoms with Gasteiger partial charge in [-0.3, -0.25) is 4.79 Å². The summed E-state index contributed by atoms with van der Waals surface area (Å²) in [4.78, 5) is 17.9. The summed E-state index contributed by atoms with van der Waals surface area (Å²) in [5, 5.41) is 12.3. The van der Waals surface area contributed by atoms with Crippen LogP contribution < -0.4 is 10.1 Å². The number of nitrogens with one attached hydrogen (secondary N) is 1. The SMILES string of the molecule is COc1cccc(CNC(=O)c2sc(-c3nnn(-c4ccc(C)cc4)c3C)nc2C)c1. The Labute approximate surface area is 184 Å². The molecule has 4 rings (SSSR count). The fourth-order valence-corrected chi connectivity index (χ4v) is 4.23. The number of nitrogens with zero attached hydrogens (tertiary/aromatic N) is 4. The van der Waals surface area contributed by atoms with Crippen molar-refractivity contribution in [3.63, 3.8) is 0 Å². The average molecular weight is 434 g/mol. The minimum Gasteiger partial charge on any atom is -0.497 e. The van der Waals surface area contributed by atoms with Crippen molar-refractivity contribution < 1.29 is 9.53 Å². The van der Waals surface area contributed by atoms with Gasteiger partial charge in [-0.15, -0.1) is 16.4 Å². The number of benzene rings is 2. The molecule has 0 aliphatic rings. The Morgan fingerprint density at radius 2 is 1.90 bits per heavy atom. The molecule has 2 heterocycles. The number of methoxy groups -OCH3 is 1. The third-order valence-electron chi connectivity index (χ3n) is 4.97. The maximum atomic E-state index is 12.8. The van der Waals surface area contributed by atoms with Crippen molar-refractivity contribution in [1.82, 2.24) is 25.3 Å². The van der Waals surface area contributed by atoms with Crippen molar-refractivity contribution in [2.45, 2.75) is 27.3 Å². The number of rotatable bonds is 6. The second kappa shape index (κ2) is 8.69. The van der Waals surface area contributed by atoms with Crippen LogP contribution in [0.1, 0.15) is 32.2 Å². The van der Waals surface area contributed by atoms with Crippen LogP contribution in [-0.4, -0.2) is 33.0 Å². The first-order chi connectivity index (χ1) is 15.0. The molecule has 0 aliphatic carbocycles. The number of carbonyl (C=O) groups excluding carboxylic acids is 1. The molecule has 0 bridgehead atoms. The van der Waals surface area contributed by atoms with Gasteiger partial charge >= 0.3 is 0 Å². The average Bonchev–Trinajstić information content (AvgIpc) is 3.35. The normalized spacial score (nSPS) is 10.8. The van der Waals surface area contributed by atoms with Crippen molar-refractivity contribution in [2.75, 3.05) is 7.11 Å². The van der Waals surface area contributed by atoms with Crippen LogP contribution in [0.3, 0.4) is 0 Å². The fraction of sp³-hybridized carbons (Fsp3) is 0.217. The molecule has 0 fully saturated rings. The second-order valence-corrected chi connectivity index (χ2v) is 8.24. The zero-order valence-electron chi connectivity index (χ0n) is 17.8. The van der Waals surface area contributed by atoms with Crippen molar-refractivity contribution in [2.24, 2.45) is 0 Å². The van der Waals surface area contributed by atoms with Crippen LogP contribution >= 0.6 is 11.3 Å². The first-order valence-corrected chi connectivity index (χ1v) is 10.7. The highest BCUT2D eigenvalue weighted by Crippen LogP contribution is 2.29. The van der Waals surface area contributed by atoms with Gasteiger partial charge < -0.3 is 10.1 Å². The van der Waals surface area contributed by atoms with E-state index in [9.17, 15) is 4.79 Å². The Bertz CT molecular complexity index is 1230. The summed E-state index contributed by atoms with van der Waals surface area (Å²) in [7, 11) is 1.62. The molecule has 158 valence electrons. The number of hydrogen-bond donors (Lipinski definition) is 1. The van der Waals surface area contributed by atoms with Crippen molar-refractivity contribution in [1.29, 1.82) is 0 Å². The summed E-state index contributed by atoms with van der Waals surface area (Å²) in [5.74, 6) is 0.600. The Balaban J connectivity index is 1.53. The molecule has 0 spiro atoms. The zero-order chi connectivity index (χ0) is 22.0. The predicted octanol–water partition coefficient (Wildman–Crippen LogP) is 4.25. The highest BCUT2D eigenvalue weighted by atomic mass is 32.1. The quantitative estimate of drug-likeness (QED) is 0.491. The van der Waals surface area contributed by atoms with E-state index in [1.165, 1.54) is 16.9 Å². The molecule has 0 unspecified atom stereocenters. The Morgan fingerprint density at radius 3 is 2.65 bits per heavy atom. The predicted molar refractivity (Wildman–Crippen MR) is 121 cm³/mol. The van der Waals surface area contributed by atoms with Gasteiger partial charge in [-0.2, -0.15) is 0 Å². The molecule has 0 saturated heterocycles. The number of hydrogen-bond acceptors (Lipinski definition) is 6. The number of carbonyl (C=O) groups is 1.